The Labute approximate surface area is 212 Å². The van der Waals surface area contributed by atoms with Crippen LogP contribution in [0.5, 0.6) is 0 Å². The SMILES string of the molecule is CCCCCCC(C)NC(=O)Nc1sc(C(=O)OCc2ccccc2)c(C)c1C(=O)OC(C)(C)C. The van der Waals surface area contributed by atoms with Crippen molar-refractivity contribution >= 4 is 34.3 Å². The Balaban J connectivity index is 2.18. The van der Waals surface area contributed by atoms with E-state index in [1.54, 1.807) is 27.7 Å². The molecular weight excluding hydrogens is 464 g/mol. The first-order valence-electron chi connectivity index (χ1n) is 12.2. The van der Waals surface area contributed by atoms with Crippen molar-refractivity contribution in [2.24, 2.45) is 0 Å². The van der Waals surface area contributed by atoms with Crippen LogP contribution in [-0.2, 0) is 16.1 Å². The van der Waals surface area contributed by atoms with Crippen molar-refractivity contribution in [1.82, 2.24) is 5.32 Å². The van der Waals surface area contributed by atoms with Crippen molar-refractivity contribution in [3.8, 4) is 0 Å². The molecule has 0 saturated carbocycles. The summed E-state index contributed by atoms with van der Waals surface area (Å²) in [6.45, 7) is 11.2. The number of hydrogen-bond acceptors (Lipinski definition) is 6. The van der Waals surface area contributed by atoms with Gasteiger partial charge in [-0.15, -0.1) is 11.3 Å². The van der Waals surface area contributed by atoms with E-state index in [9.17, 15) is 14.4 Å². The Morgan fingerprint density at radius 2 is 1.71 bits per heavy atom. The van der Waals surface area contributed by atoms with Gasteiger partial charge in [0.25, 0.3) is 0 Å². The lowest BCUT2D eigenvalue weighted by atomic mass is 10.1. The topological polar surface area (TPSA) is 93.7 Å². The van der Waals surface area contributed by atoms with Crippen LogP contribution in [0.1, 0.15) is 97.9 Å². The summed E-state index contributed by atoms with van der Waals surface area (Å²) in [5.41, 5.74) is 0.715. The van der Waals surface area contributed by atoms with Crippen molar-refractivity contribution in [3.05, 3.63) is 51.9 Å². The highest BCUT2D eigenvalue weighted by Gasteiger charge is 2.30. The predicted molar refractivity (Wildman–Crippen MR) is 140 cm³/mol. The second kappa shape index (κ2) is 13.3. The molecule has 2 N–H and O–H groups in total. The lowest BCUT2D eigenvalue weighted by Crippen LogP contribution is -2.36. The number of unbranched alkanes of at least 4 members (excludes halogenated alkanes) is 3. The molecular formula is C27H38N2O5S. The van der Waals surface area contributed by atoms with Crippen LogP contribution in [-0.4, -0.2) is 29.6 Å². The number of urea groups is 1. The summed E-state index contributed by atoms with van der Waals surface area (Å²) in [6.07, 6.45) is 5.37. The molecule has 2 amide bonds. The van der Waals surface area contributed by atoms with E-state index in [1.165, 1.54) is 6.42 Å². The Hall–Kier alpha value is -2.87. The highest BCUT2D eigenvalue weighted by atomic mass is 32.1. The van der Waals surface area contributed by atoms with E-state index >= 15 is 0 Å². The normalized spacial score (nSPS) is 12.1. The molecule has 8 heteroatoms. The zero-order chi connectivity index (χ0) is 26.0. The smallest absolute Gasteiger partial charge is 0.349 e. The molecule has 0 radical (unpaired) electrons. The van der Waals surface area contributed by atoms with Crippen LogP contribution in [0, 0.1) is 6.92 Å². The fraction of sp³-hybridized carbons (Fsp3) is 0.519. The lowest BCUT2D eigenvalue weighted by Gasteiger charge is -2.20. The number of amides is 2. The Kier molecular flexibility index (Phi) is 10.8. The highest BCUT2D eigenvalue weighted by molar-refractivity contribution is 7.18. The maximum atomic E-state index is 13.0. The summed E-state index contributed by atoms with van der Waals surface area (Å²) in [4.78, 5) is 38.8. The second-order valence-corrected chi connectivity index (χ2v) is 10.7. The third kappa shape index (κ3) is 9.36. The number of ether oxygens (including phenoxy) is 2. The maximum absolute atomic E-state index is 13.0. The molecule has 0 aliphatic rings. The first-order valence-corrected chi connectivity index (χ1v) is 13.0. The third-order valence-corrected chi connectivity index (χ3v) is 6.43. The number of nitrogens with one attached hydrogen (secondary N) is 2. The molecule has 192 valence electrons. The zero-order valence-corrected chi connectivity index (χ0v) is 22.5. The minimum atomic E-state index is -0.730. The zero-order valence-electron chi connectivity index (χ0n) is 21.7. The fourth-order valence-electron chi connectivity index (χ4n) is 3.47. The lowest BCUT2D eigenvalue weighted by molar-refractivity contribution is 0.00705. The molecule has 1 aromatic carbocycles. The molecule has 0 fully saturated rings. The van der Waals surface area contributed by atoms with Gasteiger partial charge in [-0.25, -0.2) is 14.4 Å². The molecule has 2 rings (SSSR count). The standard InChI is InChI=1S/C27H38N2O5S/c1-7-8-9-11-14-18(2)28-26(32)29-23-21(24(30)34-27(4,5)6)19(3)22(35-23)25(31)33-17-20-15-12-10-13-16-20/h10,12-13,15-16,18H,7-9,11,14,17H2,1-6H3,(H2,28,29,32). The van der Waals surface area contributed by atoms with Crippen LogP contribution in [0.2, 0.25) is 0 Å². The van der Waals surface area contributed by atoms with Gasteiger partial charge in [-0.05, 0) is 52.2 Å². The van der Waals surface area contributed by atoms with Gasteiger partial charge in [-0.2, -0.15) is 0 Å². The van der Waals surface area contributed by atoms with Gasteiger partial charge in [0.2, 0.25) is 0 Å². The Morgan fingerprint density at radius 3 is 2.34 bits per heavy atom. The molecule has 1 unspecified atom stereocenters. The minimum Gasteiger partial charge on any atom is -0.457 e. The Bertz CT molecular complexity index is 995. The minimum absolute atomic E-state index is 0.0202. The van der Waals surface area contributed by atoms with E-state index in [4.69, 9.17) is 9.47 Å². The maximum Gasteiger partial charge on any atom is 0.349 e. The monoisotopic (exact) mass is 502 g/mol. The Morgan fingerprint density at radius 1 is 1.03 bits per heavy atom. The van der Waals surface area contributed by atoms with Crippen LogP contribution in [0.15, 0.2) is 30.3 Å². The number of carbonyl (C=O) groups excluding carboxylic acids is 3. The van der Waals surface area contributed by atoms with Gasteiger partial charge < -0.3 is 14.8 Å². The number of esters is 2. The van der Waals surface area contributed by atoms with E-state index in [1.807, 2.05) is 37.3 Å². The van der Waals surface area contributed by atoms with E-state index < -0.39 is 23.6 Å². The molecule has 1 aromatic heterocycles. The van der Waals surface area contributed by atoms with Crippen LogP contribution in [0.3, 0.4) is 0 Å². The van der Waals surface area contributed by atoms with E-state index in [-0.39, 0.29) is 28.1 Å². The van der Waals surface area contributed by atoms with Crippen molar-refractivity contribution in [1.29, 1.82) is 0 Å². The van der Waals surface area contributed by atoms with Crippen LogP contribution in [0.4, 0.5) is 9.80 Å². The van der Waals surface area contributed by atoms with Crippen molar-refractivity contribution in [2.75, 3.05) is 5.32 Å². The van der Waals surface area contributed by atoms with Crippen molar-refractivity contribution in [2.45, 2.75) is 91.9 Å². The molecule has 2 aromatic rings. The molecule has 0 aliphatic carbocycles. The van der Waals surface area contributed by atoms with Gasteiger partial charge in [0, 0.05) is 6.04 Å². The van der Waals surface area contributed by atoms with Gasteiger partial charge in [-0.1, -0.05) is 62.9 Å². The molecule has 1 atom stereocenters. The first kappa shape index (κ1) is 28.4. The average Bonchev–Trinajstić information content (AvgIpc) is 3.10. The van der Waals surface area contributed by atoms with Crippen molar-refractivity contribution in [3.63, 3.8) is 0 Å². The summed E-state index contributed by atoms with van der Waals surface area (Å²) < 4.78 is 11.0. The summed E-state index contributed by atoms with van der Waals surface area (Å²) in [6, 6.07) is 8.90. The molecule has 35 heavy (non-hydrogen) atoms. The van der Waals surface area contributed by atoms with Crippen molar-refractivity contribution < 1.29 is 23.9 Å². The van der Waals surface area contributed by atoms with Crippen LogP contribution in [0.25, 0.3) is 0 Å². The van der Waals surface area contributed by atoms with Gasteiger partial charge in [0.15, 0.2) is 0 Å². The van der Waals surface area contributed by atoms with E-state index in [2.05, 4.69) is 17.6 Å². The number of hydrogen-bond donors (Lipinski definition) is 2. The quantitative estimate of drug-likeness (QED) is 0.259. The molecule has 7 nitrogen and oxygen atoms in total. The molecule has 1 heterocycles. The number of anilines is 1. The van der Waals surface area contributed by atoms with Gasteiger partial charge in [0.05, 0.1) is 5.56 Å². The third-order valence-electron chi connectivity index (χ3n) is 5.24. The summed E-state index contributed by atoms with van der Waals surface area (Å²) in [7, 11) is 0. The first-order chi connectivity index (χ1) is 16.5. The largest absolute Gasteiger partial charge is 0.457 e. The average molecular weight is 503 g/mol. The number of benzene rings is 1. The number of carbonyl (C=O) groups is 3. The molecule has 0 bridgehead atoms. The van der Waals surface area contributed by atoms with E-state index in [0.29, 0.717) is 5.56 Å². The van der Waals surface area contributed by atoms with Crippen LogP contribution < -0.4 is 10.6 Å². The number of thiophene rings is 1. The van der Waals surface area contributed by atoms with Gasteiger partial charge >= 0.3 is 18.0 Å². The van der Waals surface area contributed by atoms with E-state index in [0.717, 1.165) is 42.6 Å². The second-order valence-electron chi connectivity index (χ2n) is 9.67. The summed E-state index contributed by atoms with van der Waals surface area (Å²) in [5, 5.41) is 5.94. The summed E-state index contributed by atoms with van der Waals surface area (Å²) in [5.74, 6) is -1.16. The van der Waals surface area contributed by atoms with Crippen LogP contribution >= 0.6 is 11.3 Å². The predicted octanol–water partition coefficient (Wildman–Crippen LogP) is 6.85. The fourth-order valence-corrected chi connectivity index (χ4v) is 4.56. The molecule has 0 aliphatic heterocycles. The number of rotatable bonds is 11. The highest BCUT2D eigenvalue weighted by Crippen LogP contribution is 2.35. The summed E-state index contributed by atoms with van der Waals surface area (Å²) >= 11 is 1.02. The molecule has 0 saturated heterocycles. The molecule has 0 spiro atoms. The van der Waals surface area contributed by atoms with Gasteiger partial charge in [0.1, 0.15) is 22.1 Å². The van der Waals surface area contributed by atoms with Gasteiger partial charge in [-0.3, -0.25) is 5.32 Å².